The van der Waals surface area contributed by atoms with Crippen LogP contribution in [0.25, 0.3) is 0 Å². The number of nitrogens with one attached hydrogen (secondary N) is 1. The number of carbonyl (C=O) groups excluding carboxylic acids is 2. The predicted molar refractivity (Wildman–Crippen MR) is 101 cm³/mol. The van der Waals surface area contributed by atoms with Crippen LogP contribution in [0.3, 0.4) is 0 Å². The molecule has 2 amide bonds. The van der Waals surface area contributed by atoms with Gasteiger partial charge in [0.25, 0.3) is 0 Å². The lowest BCUT2D eigenvalue weighted by Gasteiger charge is -2.25. The maximum Gasteiger partial charge on any atom is 0.228 e. The molecular weight excluding hydrogens is 368 g/mol. The summed E-state index contributed by atoms with van der Waals surface area (Å²) in [5.74, 6) is -1.69. The fourth-order valence-corrected chi connectivity index (χ4v) is 5.65. The Morgan fingerprint density at radius 2 is 1.96 bits per heavy atom. The van der Waals surface area contributed by atoms with E-state index in [2.05, 4.69) is 5.32 Å². The van der Waals surface area contributed by atoms with Crippen molar-refractivity contribution >= 4 is 21.7 Å². The summed E-state index contributed by atoms with van der Waals surface area (Å²) in [6.07, 6.45) is 1.86. The highest BCUT2D eigenvalue weighted by Crippen LogP contribution is 2.23. The number of sulfone groups is 1. The maximum atomic E-state index is 12.9. The van der Waals surface area contributed by atoms with Gasteiger partial charge in [-0.2, -0.15) is 0 Å². The van der Waals surface area contributed by atoms with Crippen molar-refractivity contribution in [1.29, 1.82) is 0 Å². The molecule has 8 heteroatoms. The van der Waals surface area contributed by atoms with Crippen molar-refractivity contribution in [2.75, 3.05) is 25.2 Å². The molecule has 7 nitrogen and oxygen atoms in total. The lowest BCUT2D eigenvalue weighted by molar-refractivity contribution is -0.135. The van der Waals surface area contributed by atoms with Gasteiger partial charge < -0.3 is 15.0 Å². The van der Waals surface area contributed by atoms with E-state index in [-0.39, 0.29) is 35.8 Å². The van der Waals surface area contributed by atoms with E-state index in [9.17, 15) is 18.0 Å². The zero-order valence-electron chi connectivity index (χ0n) is 15.5. The standard InChI is InChI=1S/C19H26N2O5S/c1-21(11-14-6-3-2-4-7-14)19(23)16-12-27(24,25)13-17(16)20-18(22)10-15-8-5-9-26-15/h2-4,6-7,15-17H,5,8-13H2,1H3,(H,20,22)/t15?,16-,17-/m1/s1. The second-order valence-corrected chi connectivity index (χ2v) is 9.53. The summed E-state index contributed by atoms with van der Waals surface area (Å²) in [7, 11) is -1.70. The average Bonchev–Trinajstić information content (AvgIpc) is 3.22. The molecular formula is C19H26N2O5S. The smallest absolute Gasteiger partial charge is 0.228 e. The Morgan fingerprint density at radius 1 is 1.22 bits per heavy atom. The van der Waals surface area contributed by atoms with E-state index in [1.54, 1.807) is 7.05 Å². The first-order valence-electron chi connectivity index (χ1n) is 9.24. The van der Waals surface area contributed by atoms with Gasteiger partial charge in [-0.25, -0.2) is 8.42 Å². The molecule has 0 radical (unpaired) electrons. The fraction of sp³-hybridized carbons (Fsp3) is 0.579. The van der Waals surface area contributed by atoms with Crippen LogP contribution >= 0.6 is 0 Å². The first-order valence-corrected chi connectivity index (χ1v) is 11.1. The monoisotopic (exact) mass is 394 g/mol. The second-order valence-electron chi connectivity index (χ2n) is 7.38. The van der Waals surface area contributed by atoms with Crippen LogP contribution in [0, 0.1) is 5.92 Å². The third-order valence-corrected chi connectivity index (χ3v) is 6.83. The minimum atomic E-state index is -3.36. The second kappa shape index (κ2) is 8.39. The summed E-state index contributed by atoms with van der Waals surface area (Å²) >= 11 is 0. The Hall–Kier alpha value is -1.93. The van der Waals surface area contributed by atoms with Crippen LogP contribution < -0.4 is 5.32 Å². The molecule has 1 unspecified atom stereocenters. The molecule has 0 saturated carbocycles. The number of hydrogen-bond acceptors (Lipinski definition) is 5. The molecule has 0 spiro atoms. The summed E-state index contributed by atoms with van der Waals surface area (Å²) in [5, 5.41) is 2.77. The van der Waals surface area contributed by atoms with E-state index in [0.29, 0.717) is 13.2 Å². The number of hydrogen-bond donors (Lipinski definition) is 1. The molecule has 2 aliphatic rings. The largest absolute Gasteiger partial charge is 0.378 e. The normalized spacial score (nSPS) is 26.6. The molecule has 3 atom stereocenters. The molecule has 2 fully saturated rings. The van der Waals surface area contributed by atoms with Crippen molar-refractivity contribution in [2.45, 2.75) is 38.0 Å². The minimum absolute atomic E-state index is 0.113. The number of rotatable bonds is 6. The van der Waals surface area contributed by atoms with Crippen molar-refractivity contribution in [1.82, 2.24) is 10.2 Å². The topological polar surface area (TPSA) is 92.8 Å². The zero-order valence-corrected chi connectivity index (χ0v) is 16.3. The summed E-state index contributed by atoms with van der Waals surface area (Å²) in [4.78, 5) is 26.7. The van der Waals surface area contributed by atoms with Crippen LogP contribution in [-0.4, -0.2) is 62.4 Å². The molecule has 2 saturated heterocycles. The highest BCUT2D eigenvalue weighted by atomic mass is 32.2. The Labute approximate surface area is 160 Å². The van der Waals surface area contributed by atoms with Crippen LogP contribution in [0.5, 0.6) is 0 Å². The highest BCUT2D eigenvalue weighted by molar-refractivity contribution is 7.91. The van der Waals surface area contributed by atoms with Crippen LogP contribution in [-0.2, 0) is 30.7 Å². The van der Waals surface area contributed by atoms with Gasteiger partial charge in [-0.15, -0.1) is 0 Å². The molecule has 3 rings (SSSR count). The average molecular weight is 394 g/mol. The lowest BCUT2D eigenvalue weighted by atomic mass is 10.0. The number of benzene rings is 1. The Kier molecular flexibility index (Phi) is 6.16. The van der Waals surface area contributed by atoms with Gasteiger partial charge in [-0.05, 0) is 18.4 Å². The SMILES string of the molecule is CN(Cc1ccccc1)C(=O)[C@@H]1CS(=O)(=O)C[C@H]1NC(=O)CC1CCCO1. The molecule has 0 aliphatic carbocycles. The molecule has 0 aromatic heterocycles. The van der Waals surface area contributed by atoms with Crippen LogP contribution in [0.4, 0.5) is 0 Å². The molecule has 2 heterocycles. The van der Waals surface area contributed by atoms with Gasteiger partial charge in [0, 0.05) is 20.2 Å². The molecule has 0 bridgehead atoms. The Balaban J connectivity index is 1.63. The first-order chi connectivity index (χ1) is 12.8. The van der Waals surface area contributed by atoms with Gasteiger partial charge in [0.05, 0.1) is 36.0 Å². The van der Waals surface area contributed by atoms with Gasteiger partial charge in [0.2, 0.25) is 11.8 Å². The number of amides is 2. The van der Waals surface area contributed by atoms with Gasteiger partial charge in [0.1, 0.15) is 0 Å². The Bertz CT molecular complexity index is 775. The van der Waals surface area contributed by atoms with Gasteiger partial charge in [0.15, 0.2) is 9.84 Å². The van der Waals surface area contributed by atoms with E-state index in [1.807, 2.05) is 30.3 Å². The van der Waals surface area contributed by atoms with Crippen molar-refractivity contribution in [2.24, 2.45) is 5.92 Å². The van der Waals surface area contributed by atoms with E-state index in [1.165, 1.54) is 4.90 Å². The summed E-state index contributed by atoms with van der Waals surface area (Å²) in [5.41, 5.74) is 0.966. The van der Waals surface area contributed by atoms with E-state index >= 15 is 0 Å². The summed E-state index contributed by atoms with van der Waals surface area (Å²) in [6, 6.07) is 8.82. The molecule has 148 valence electrons. The first kappa shape index (κ1) is 19.8. The van der Waals surface area contributed by atoms with Gasteiger partial charge >= 0.3 is 0 Å². The third-order valence-electron chi connectivity index (χ3n) is 5.09. The van der Waals surface area contributed by atoms with Crippen LogP contribution in [0.2, 0.25) is 0 Å². The van der Waals surface area contributed by atoms with Gasteiger partial charge in [-0.1, -0.05) is 30.3 Å². The van der Waals surface area contributed by atoms with Crippen molar-refractivity contribution in [3.05, 3.63) is 35.9 Å². The molecule has 2 aliphatic heterocycles. The van der Waals surface area contributed by atoms with Crippen LogP contribution in [0.1, 0.15) is 24.8 Å². The number of carbonyl (C=O) groups is 2. The van der Waals surface area contributed by atoms with E-state index in [4.69, 9.17) is 4.74 Å². The lowest BCUT2D eigenvalue weighted by Crippen LogP contribution is -2.47. The highest BCUT2D eigenvalue weighted by Gasteiger charge is 2.43. The van der Waals surface area contributed by atoms with E-state index < -0.39 is 21.8 Å². The summed E-state index contributed by atoms with van der Waals surface area (Å²) < 4.78 is 29.7. The van der Waals surface area contributed by atoms with E-state index in [0.717, 1.165) is 18.4 Å². The van der Waals surface area contributed by atoms with Crippen molar-refractivity contribution in [3.63, 3.8) is 0 Å². The zero-order chi connectivity index (χ0) is 19.4. The molecule has 27 heavy (non-hydrogen) atoms. The number of ether oxygens (including phenoxy) is 1. The molecule has 1 aromatic carbocycles. The third kappa shape index (κ3) is 5.29. The predicted octanol–water partition coefficient (Wildman–Crippen LogP) is 0.744. The maximum absolute atomic E-state index is 12.9. The quantitative estimate of drug-likeness (QED) is 0.768. The minimum Gasteiger partial charge on any atom is -0.378 e. The summed E-state index contributed by atoms with van der Waals surface area (Å²) in [6.45, 7) is 1.05. The van der Waals surface area contributed by atoms with Crippen LogP contribution in [0.15, 0.2) is 30.3 Å². The van der Waals surface area contributed by atoms with Crippen molar-refractivity contribution in [3.8, 4) is 0 Å². The van der Waals surface area contributed by atoms with Gasteiger partial charge in [-0.3, -0.25) is 9.59 Å². The molecule has 1 aromatic rings. The van der Waals surface area contributed by atoms with Crippen molar-refractivity contribution < 1.29 is 22.7 Å². The fourth-order valence-electron chi connectivity index (χ4n) is 3.73. The number of nitrogens with zero attached hydrogens (tertiary/aromatic N) is 1. The molecule has 1 N–H and O–H groups in total. The Morgan fingerprint density at radius 3 is 2.63 bits per heavy atom.